The second-order valence-electron chi connectivity index (χ2n) is 3.74. The lowest BCUT2D eigenvalue weighted by Crippen LogP contribution is -2.14. The SMILES string of the molecule is CCCNCc1ncoc1-c1occc1C. The van der Waals surface area contributed by atoms with Gasteiger partial charge in [-0.15, -0.1) is 0 Å². The van der Waals surface area contributed by atoms with E-state index in [1.165, 1.54) is 6.39 Å². The Kier molecular flexibility index (Phi) is 3.41. The molecular weight excluding hydrogens is 204 g/mol. The maximum atomic E-state index is 5.39. The van der Waals surface area contributed by atoms with Crippen LogP contribution in [0.3, 0.4) is 0 Å². The Labute approximate surface area is 94.7 Å². The molecule has 1 N–H and O–H groups in total. The van der Waals surface area contributed by atoms with Gasteiger partial charge in [0.1, 0.15) is 5.69 Å². The lowest BCUT2D eigenvalue weighted by atomic mass is 10.2. The van der Waals surface area contributed by atoms with Crippen molar-refractivity contribution < 1.29 is 8.83 Å². The Morgan fingerprint density at radius 3 is 2.88 bits per heavy atom. The minimum absolute atomic E-state index is 0.708. The topological polar surface area (TPSA) is 51.2 Å². The van der Waals surface area contributed by atoms with Crippen LogP contribution < -0.4 is 5.32 Å². The molecule has 86 valence electrons. The van der Waals surface area contributed by atoms with Gasteiger partial charge in [0, 0.05) is 6.54 Å². The van der Waals surface area contributed by atoms with E-state index in [0.29, 0.717) is 6.54 Å². The first-order valence-corrected chi connectivity index (χ1v) is 5.50. The highest BCUT2D eigenvalue weighted by Gasteiger charge is 2.15. The number of oxazole rings is 1. The van der Waals surface area contributed by atoms with E-state index in [1.54, 1.807) is 6.26 Å². The predicted octanol–water partition coefficient (Wildman–Crippen LogP) is 2.74. The highest BCUT2D eigenvalue weighted by molar-refractivity contribution is 5.56. The van der Waals surface area contributed by atoms with Crippen molar-refractivity contribution >= 4 is 0 Å². The van der Waals surface area contributed by atoms with Crippen LogP contribution in [0.1, 0.15) is 24.6 Å². The van der Waals surface area contributed by atoms with Gasteiger partial charge in [-0.3, -0.25) is 0 Å². The van der Waals surface area contributed by atoms with Gasteiger partial charge in [0.25, 0.3) is 0 Å². The largest absolute Gasteiger partial charge is 0.461 e. The molecule has 0 saturated heterocycles. The number of rotatable bonds is 5. The lowest BCUT2D eigenvalue weighted by Gasteiger charge is -2.01. The summed E-state index contributed by atoms with van der Waals surface area (Å²) in [5, 5.41) is 3.30. The van der Waals surface area contributed by atoms with Crippen molar-refractivity contribution in [3.05, 3.63) is 30.0 Å². The molecule has 0 aliphatic carbocycles. The van der Waals surface area contributed by atoms with Crippen LogP contribution in [-0.2, 0) is 6.54 Å². The van der Waals surface area contributed by atoms with Gasteiger partial charge in [0.05, 0.1) is 6.26 Å². The number of furan rings is 1. The fourth-order valence-electron chi connectivity index (χ4n) is 1.57. The Morgan fingerprint density at radius 1 is 1.31 bits per heavy atom. The van der Waals surface area contributed by atoms with Crippen molar-refractivity contribution in [2.24, 2.45) is 0 Å². The van der Waals surface area contributed by atoms with Crippen LogP contribution in [0, 0.1) is 6.92 Å². The number of hydrogen-bond acceptors (Lipinski definition) is 4. The minimum atomic E-state index is 0.708. The van der Waals surface area contributed by atoms with Gasteiger partial charge in [-0.05, 0) is 31.5 Å². The van der Waals surface area contributed by atoms with Gasteiger partial charge < -0.3 is 14.2 Å². The molecule has 0 amide bonds. The molecule has 16 heavy (non-hydrogen) atoms. The Morgan fingerprint density at radius 2 is 2.19 bits per heavy atom. The highest BCUT2D eigenvalue weighted by atomic mass is 16.4. The van der Waals surface area contributed by atoms with E-state index >= 15 is 0 Å². The molecule has 4 nitrogen and oxygen atoms in total. The molecule has 2 heterocycles. The monoisotopic (exact) mass is 220 g/mol. The summed E-state index contributed by atoms with van der Waals surface area (Å²) < 4.78 is 10.8. The molecule has 0 spiro atoms. The number of nitrogens with one attached hydrogen (secondary N) is 1. The molecule has 0 fully saturated rings. The molecule has 0 unspecified atom stereocenters. The summed E-state index contributed by atoms with van der Waals surface area (Å²) in [4.78, 5) is 4.20. The third kappa shape index (κ3) is 2.17. The average Bonchev–Trinajstić information content (AvgIpc) is 2.87. The summed E-state index contributed by atoms with van der Waals surface area (Å²) >= 11 is 0. The fourth-order valence-corrected chi connectivity index (χ4v) is 1.57. The molecule has 0 aliphatic heterocycles. The molecule has 2 aromatic heterocycles. The van der Waals surface area contributed by atoms with Gasteiger partial charge >= 0.3 is 0 Å². The summed E-state index contributed by atoms with van der Waals surface area (Å²) in [6.07, 6.45) is 4.23. The normalized spacial score (nSPS) is 10.9. The molecule has 2 aromatic rings. The minimum Gasteiger partial charge on any atom is -0.461 e. The van der Waals surface area contributed by atoms with E-state index in [9.17, 15) is 0 Å². The van der Waals surface area contributed by atoms with Crippen LogP contribution in [0.4, 0.5) is 0 Å². The lowest BCUT2D eigenvalue weighted by molar-refractivity contribution is 0.516. The molecule has 0 atom stereocenters. The van der Waals surface area contributed by atoms with Crippen LogP contribution >= 0.6 is 0 Å². The fraction of sp³-hybridized carbons (Fsp3) is 0.417. The second kappa shape index (κ2) is 4.99. The predicted molar refractivity (Wildman–Crippen MR) is 60.9 cm³/mol. The smallest absolute Gasteiger partial charge is 0.194 e. The van der Waals surface area contributed by atoms with E-state index in [4.69, 9.17) is 8.83 Å². The molecular formula is C12H16N2O2. The molecule has 2 rings (SSSR count). The standard InChI is InChI=1S/C12H16N2O2/c1-3-5-13-7-10-12(16-8-14-10)11-9(2)4-6-15-11/h4,6,8,13H,3,5,7H2,1-2H3. The number of hydrogen-bond donors (Lipinski definition) is 1. The summed E-state index contributed by atoms with van der Waals surface area (Å²) in [6, 6.07) is 1.92. The van der Waals surface area contributed by atoms with Crippen LogP contribution in [-0.4, -0.2) is 11.5 Å². The maximum absolute atomic E-state index is 5.39. The molecule has 4 heteroatoms. The molecule has 0 aromatic carbocycles. The maximum Gasteiger partial charge on any atom is 0.194 e. The van der Waals surface area contributed by atoms with Gasteiger partial charge in [-0.1, -0.05) is 6.92 Å². The quantitative estimate of drug-likeness (QED) is 0.787. The van der Waals surface area contributed by atoms with E-state index in [2.05, 4.69) is 17.2 Å². The molecule has 0 aliphatic rings. The summed E-state index contributed by atoms with van der Waals surface area (Å²) in [7, 11) is 0. The zero-order valence-electron chi connectivity index (χ0n) is 9.62. The Hall–Kier alpha value is -1.55. The third-order valence-electron chi connectivity index (χ3n) is 2.43. The van der Waals surface area contributed by atoms with E-state index in [1.807, 2.05) is 13.0 Å². The zero-order chi connectivity index (χ0) is 11.4. The molecule has 0 saturated carbocycles. The van der Waals surface area contributed by atoms with Crippen molar-refractivity contribution in [3.8, 4) is 11.5 Å². The number of aryl methyl sites for hydroxylation is 1. The second-order valence-corrected chi connectivity index (χ2v) is 3.74. The van der Waals surface area contributed by atoms with Crippen molar-refractivity contribution in [3.63, 3.8) is 0 Å². The average molecular weight is 220 g/mol. The zero-order valence-corrected chi connectivity index (χ0v) is 9.62. The third-order valence-corrected chi connectivity index (χ3v) is 2.43. The Balaban J connectivity index is 2.16. The van der Waals surface area contributed by atoms with E-state index in [0.717, 1.165) is 35.7 Å². The summed E-state index contributed by atoms with van der Waals surface area (Å²) in [6.45, 7) is 5.81. The Bertz CT molecular complexity index is 445. The summed E-state index contributed by atoms with van der Waals surface area (Å²) in [5.74, 6) is 1.50. The van der Waals surface area contributed by atoms with Crippen molar-refractivity contribution in [2.45, 2.75) is 26.8 Å². The van der Waals surface area contributed by atoms with Gasteiger partial charge in [-0.25, -0.2) is 4.98 Å². The molecule has 0 bridgehead atoms. The van der Waals surface area contributed by atoms with Crippen LogP contribution in [0.15, 0.2) is 27.6 Å². The van der Waals surface area contributed by atoms with Gasteiger partial charge in [0.15, 0.2) is 17.9 Å². The molecule has 0 radical (unpaired) electrons. The van der Waals surface area contributed by atoms with Gasteiger partial charge in [0.2, 0.25) is 0 Å². The number of aromatic nitrogens is 1. The van der Waals surface area contributed by atoms with Crippen molar-refractivity contribution in [1.29, 1.82) is 0 Å². The highest BCUT2D eigenvalue weighted by Crippen LogP contribution is 2.26. The van der Waals surface area contributed by atoms with E-state index in [-0.39, 0.29) is 0 Å². The van der Waals surface area contributed by atoms with Crippen LogP contribution in [0.25, 0.3) is 11.5 Å². The van der Waals surface area contributed by atoms with Crippen molar-refractivity contribution in [1.82, 2.24) is 10.3 Å². The first-order valence-electron chi connectivity index (χ1n) is 5.50. The van der Waals surface area contributed by atoms with Crippen LogP contribution in [0.2, 0.25) is 0 Å². The van der Waals surface area contributed by atoms with Gasteiger partial charge in [-0.2, -0.15) is 0 Å². The first kappa shape index (κ1) is 11.0. The van der Waals surface area contributed by atoms with Crippen LogP contribution in [0.5, 0.6) is 0 Å². The first-order chi connectivity index (χ1) is 7.83. The number of nitrogens with zero attached hydrogens (tertiary/aromatic N) is 1. The summed E-state index contributed by atoms with van der Waals surface area (Å²) in [5.41, 5.74) is 1.96. The van der Waals surface area contributed by atoms with E-state index < -0.39 is 0 Å². The van der Waals surface area contributed by atoms with Crippen molar-refractivity contribution in [2.75, 3.05) is 6.54 Å².